The van der Waals surface area contributed by atoms with Gasteiger partial charge >= 0.3 is 0 Å². The van der Waals surface area contributed by atoms with Crippen LogP contribution in [0, 0.1) is 0 Å². The van der Waals surface area contributed by atoms with Gasteiger partial charge in [-0.05, 0) is 52.3 Å². The van der Waals surface area contributed by atoms with E-state index in [-0.39, 0.29) is 4.90 Å². The molecular formula is C12H7Br2ClO3S. The van der Waals surface area contributed by atoms with Crippen LogP contribution >= 0.6 is 42.5 Å². The molecule has 0 atom stereocenters. The summed E-state index contributed by atoms with van der Waals surface area (Å²) in [6.07, 6.45) is 0. The monoisotopic (exact) mass is 424 g/mol. The van der Waals surface area contributed by atoms with Crippen LogP contribution < -0.4 is 4.74 Å². The van der Waals surface area contributed by atoms with E-state index in [1.54, 1.807) is 18.2 Å². The van der Waals surface area contributed by atoms with Gasteiger partial charge in [0.25, 0.3) is 9.05 Å². The Kier molecular flexibility index (Phi) is 4.55. The van der Waals surface area contributed by atoms with E-state index < -0.39 is 9.05 Å². The predicted molar refractivity (Wildman–Crippen MR) is 81.4 cm³/mol. The summed E-state index contributed by atoms with van der Waals surface area (Å²) >= 11 is 6.60. The average molecular weight is 427 g/mol. The van der Waals surface area contributed by atoms with Crippen molar-refractivity contribution in [3.05, 3.63) is 51.4 Å². The molecule has 0 heterocycles. The number of hydrogen-bond acceptors (Lipinski definition) is 3. The average Bonchev–Trinajstić information content (AvgIpc) is 2.30. The van der Waals surface area contributed by atoms with E-state index in [1.165, 1.54) is 12.1 Å². The normalized spacial score (nSPS) is 11.3. The number of ether oxygens (including phenoxy) is 1. The van der Waals surface area contributed by atoms with Gasteiger partial charge in [0.2, 0.25) is 0 Å². The zero-order chi connectivity index (χ0) is 14.0. The Labute approximate surface area is 132 Å². The van der Waals surface area contributed by atoms with Gasteiger partial charge in [-0.3, -0.25) is 0 Å². The van der Waals surface area contributed by atoms with E-state index in [0.29, 0.717) is 16.0 Å². The quantitative estimate of drug-likeness (QED) is 0.654. The Morgan fingerprint density at radius 2 is 1.79 bits per heavy atom. The first-order chi connectivity index (χ1) is 8.86. The molecule has 0 amide bonds. The molecular weight excluding hydrogens is 419 g/mol. The van der Waals surface area contributed by atoms with Crippen LogP contribution in [0.3, 0.4) is 0 Å². The van der Waals surface area contributed by atoms with E-state index in [4.69, 9.17) is 15.4 Å². The highest BCUT2D eigenvalue weighted by atomic mass is 79.9. The second-order valence-electron chi connectivity index (χ2n) is 3.59. The molecule has 0 aliphatic rings. The van der Waals surface area contributed by atoms with Crippen molar-refractivity contribution in [3.63, 3.8) is 0 Å². The smallest absolute Gasteiger partial charge is 0.261 e. The first-order valence-electron chi connectivity index (χ1n) is 5.04. The van der Waals surface area contributed by atoms with Crippen molar-refractivity contribution < 1.29 is 13.2 Å². The van der Waals surface area contributed by atoms with E-state index in [0.717, 1.165) is 4.47 Å². The Balaban J connectivity index is 2.32. The van der Waals surface area contributed by atoms with Crippen molar-refractivity contribution in [1.82, 2.24) is 0 Å². The van der Waals surface area contributed by atoms with Gasteiger partial charge < -0.3 is 4.74 Å². The highest BCUT2D eigenvalue weighted by molar-refractivity contribution is 9.10. The summed E-state index contributed by atoms with van der Waals surface area (Å²) in [7, 11) is 1.53. The first-order valence-corrected chi connectivity index (χ1v) is 8.93. The number of rotatable bonds is 3. The Hall–Kier alpha value is -0.560. The van der Waals surface area contributed by atoms with Crippen molar-refractivity contribution in [2.24, 2.45) is 0 Å². The Bertz CT molecular complexity index is 717. The van der Waals surface area contributed by atoms with Crippen LogP contribution in [-0.2, 0) is 9.05 Å². The van der Waals surface area contributed by atoms with Gasteiger partial charge in [-0.15, -0.1) is 0 Å². The van der Waals surface area contributed by atoms with Gasteiger partial charge in [0.1, 0.15) is 11.5 Å². The van der Waals surface area contributed by atoms with Crippen molar-refractivity contribution in [3.8, 4) is 11.5 Å². The summed E-state index contributed by atoms with van der Waals surface area (Å²) in [6, 6.07) is 11.6. The molecule has 0 aromatic heterocycles. The molecule has 0 N–H and O–H groups in total. The predicted octanol–water partition coefficient (Wildman–Crippen LogP) is 4.93. The van der Waals surface area contributed by atoms with E-state index >= 15 is 0 Å². The summed E-state index contributed by atoms with van der Waals surface area (Å²) in [4.78, 5) is 0.0163. The summed E-state index contributed by atoms with van der Waals surface area (Å²) in [5, 5.41) is 0. The molecule has 0 radical (unpaired) electrons. The largest absolute Gasteiger partial charge is 0.456 e. The number of hydrogen-bond donors (Lipinski definition) is 0. The topological polar surface area (TPSA) is 43.4 Å². The molecule has 0 spiro atoms. The third-order valence-corrected chi connectivity index (χ3v) is 4.67. The molecule has 7 heteroatoms. The number of benzene rings is 2. The van der Waals surface area contributed by atoms with Crippen LogP contribution in [-0.4, -0.2) is 8.42 Å². The number of halogens is 3. The van der Waals surface area contributed by atoms with Crippen LogP contribution in [0.2, 0.25) is 0 Å². The molecule has 3 nitrogen and oxygen atoms in total. The van der Waals surface area contributed by atoms with E-state index in [1.807, 2.05) is 12.1 Å². The maximum Gasteiger partial charge on any atom is 0.261 e. The third-order valence-electron chi connectivity index (χ3n) is 2.21. The molecule has 0 saturated heterocycles. The minimum absolute atomic E-state index is 0.0163. The van der Waals surface area contributed by atoms with Gasteiger partial charge in [0, 0.05) is 15.2 Å². The highest BCUT2D eigenvalue weighted by Crippen LogP contribution is 2.33. The second kappa shape index (κ2) is 5.83. The fourth-order valence-electron chi connectivity index (χ4n) is 1.37. The molecule has 2 aromatic rings. The lowest BCUT2D eigenvalue weighted by Crippen LogP contribution is -1.92. The van der Waals surface area contributed by atoms with Crippen molar-refractivity contribution >= 4 is 51.6 Å². The van der Waals surface area contributed by atoms with Crippen LogP contribution in [0.4, 0.5) is 0 Å². The van der Waals surface area contributed by atoms with Crippen LogP contribution in [0.1, 0.15) is 0 Å². The lowest BCUT2D eigenvalue weighted by atomic mass is 10.3. The van der Waals surface area contributed by atoms with Gasteiger partial charge in [-0.1, -0.05) is 22.0 Å². The molecule has 0 unspecified atom stereocenters. The second-order valence-corrected chi connectivity index (χ2v) is 7.93. The third kappa shape index (κ3) is 3.95. The lowest BCUT2D eigenvalue weighted by Gasteiger charge is -2.08. The molecule has 0 aliphatic heterocycles. The lowest BCUT2D eigenvalue weighted by molar-refractivity contribution is 0.478. The fraction of sp³-hybridized carbons (Fsp3) is 0. The summed E-state index contributed by atoms with van der Waals surface area (Å²) in [5.41, 5.74) is 0. The molecule has 2 aromatic carbocycles. The molecule has 0 aliphatic carbocycles. The van der Waals surface area contributed by atoms with Crippen molar-refractivity contribution in [2.45, 2.75) is 4.90 Å². The molecule has 19 heavy (non-hydrogen) atoms. The van der Waals surface area contributed by atoms with Gasteiger partial charge in [0.05, 0.1) is 9.37 Å². The minimum Gasteiger partial charge on any atom is -0.456 e. The minimum atomic E-state index is -3.74. The molecule has 2 rings (SSSR count). The molecule has 0 bridgehead atoms. The van der Waals surface area contributed by atoms with Crippen LogP contribution in [0.25, 0.3) is 0 Å². The SMILES string of the molecule is O=S(=O)(Cl)c1ccc(Oc2cccc(Br)c2)c(Br)c1. The fourth-order valence-corrected chi connectivity index (χ4v) is 3.14. The van der Waals surface area contributed by atoms with Crippen molar-refractivity contribution in [1.29, 1.82) is 0 Å². The first kappa shape index (κ1) is 14.8. The van der Waals surface area contributed by atoms with Gasteiger partial charge in [-0.2, -0.15) is 0 Å². The van der Waals surface area contributed by atoms with Crippen LogP contribution in [0.15, 0.2) is 56.3 Å². The van der Waals surface area contributed by atoms with E-state index in [2.05, 4.69) is 31.9 Å². The zero-order valence-corrected chi connectivity index (χ0v) is 14.1. The summed E-state index contributed by atoms with van der Waals surface area (Å²) in [6.45, 7) is 0. The highest BCUT2D eigenvalue weighted by Gasteiger charge is 2.13. The molecule has 100 valence electrons. The maximum atomic E-state index is 11.2. The standard InChI is InChI=1S/C12H7Br2ClO3S/c13-8-2-1-3-9(6-8)18-12-5-4-10(7-11(12)14)19(15,16)17/h1-7H. The summed E-state index contributed by atoms with van der Waals surface area (Å²) < 4.78 is 29.4. The van der Waals surface area contributed by atoms with E-state index in [9.17, 15) is 8.42 Å². The summed E-state index contributed by atoms with van der Waals surface area (Å²) in [5.74, 6) is 1.14. The van der Waals surface area contributed by atoms with Crippen LogP contribution in [0.5, 0.6) is 11.5 Å². The van der Waals surface area contributed by atoms with Gasteiger partial charge in [-0.25, -0.2) is 8.42 Å². The van der Waals surface area contributed by atoms with Gasteiger partial charge in [0.15, 0.2) is 0 Å². The maximum absolute atomic E-state index is 11.2. The zero-order valence-electron chi connectivity index (χ0n) is 9.31. The molecule has 0 saturated carbocycles. The molecule has 0 fully saturated rings. The Morgan fingerprint density at radius 3 is 2.37 bits per heavy atom. The Morgan fingerprint density at radius 1 is 1.05 bits per heavy atom. The van der Waals surface area contributed by atoms with Crippen molar-refractivity contribution in [2.75, 3.05) is 0 Å².